The van der Waals surface area contributed by atoms with Crippen molar-refractivity contribution in [1.82, 2.24) is 0 Å². The Balaban J connectivity index is 1.86. The molecule has 0 aromatic rings. The Labute approximate surface area is 187 Å². The van der Waals surface area contributed by atoms with Gasteiger partial charge in [-0.3, -0.25) is 9.59 Å². The van der Waals surface area contributed by atoms with E-state index >= 15 is 0 Å². The van der Waals surface area contributed by atoms with Gasteiger partial charge in [-0.1, -0.05) is 45.8 Å². The van der Waals surface area contributed by atoms with Gasteiger partial charge < -0.3 is 14.6 Å². The van der Waals surface area contributed by atoms with Gasteiger partial charge in [0, 0.05) is 23.3 Å². The number of allylic oxidation sites excluding steroid dienone is 3. The molecule has 29 heavy (non-hydrogen) atoms. The highest BCUT2D eigenvalue weighted by Gasteiger charge is 2.42. The normalized spacial score (nSPS) is 43.8. The second kappa shape index (κ2) is 9.46. The Morgan fingerprint density at radius 2 is 2.34 bits per heavy atom. The van der Waals surface area contributed by atoms with E-state index in [1.165, 1.54) is 6.92 Å². The smallest absolute Gasteiger partial charge is 0.308 e. The Morgan fingerprint density at radius 3 is 3.10 bits per heavy atom. The van der Waals surface area contributed by atoms with Crippen molar-refractivity contribution in [3.63, 3.8) is 0 Å². The number of esters is 2. The first-order valence-corrected chi connectivity index (χ1v) is 10.4. The molecule has 0 aromatic heterocycles. The van der Waals surface area contributed by atoms with Crippen LogP contribution in [0, 0.1) is 29.6 Å². The summed E-state index contributed by atoms with van der Waals surface area (Å²) < 4.78 is 80.6. The van der Waals surface area contributed by atoms with Crippen LogP contribution in [0.5, 0.6) is 0 Å². The predicted molar refractivity (Wildman–Crippen MR) is 111 cm³/mol. The van der Waals surface area contributed by atoms with Gasteiger partial charge in [-0.2, -0.15) is 0 Å². The van der Waals surface area contributed by atoms with Crippen LogP contribution in [0.25, 0.3) is 0 Å². The number of rotatable bonds is 7. The summed E-state index contributed by atoms with van der Waals surface area (Å²) in [5.74, 6) is -4.46. The largest absolute Gasteiger partial charge is 0.462 e. The molecule has 1 fully saturated rings. The zero-order valence-corrected chi connectivity index (χ0v) is 16.9. The van der Waals surface area contributed by atoms with Crippen LogP contribution >= 0.6 is 0 Å². The number of fused-ring (bicyclic) bond motifs is 1. The van der Waals surface area contributed by atoms with Gasteiger partial charge in [0.1, 0.15) is 12.2 Å². The van der Waals surface area contributed by atoms with Crippen molar-refractivity contribution < 1.29 is 35.1 Å². The third kappa shape index (κ3) is 5.30. The van der Waals surface area contributed by atoms with Gasteiger partial charge >= 0.3 is 11.9 Å². The standard InChI is InChI=1S/C24H36O5/c1-5-15(3)24(27)29-21-11-14(2)10-17-7-6-16(4)20(23(17)21)9-8-19-12-18(25)13-22(26)28-19/h6-7,10,14-16,18-21,23,25H,5,8-9,11-13H2,1-4H3/t14-,15-,16-,18+,19?,20-,21-,23-/m0/s1/i1D3,2D3,5D2,25D. The number of hydrogen-bond acceptors (Lipinski definition) is 5. The second-order valence-electron chi connectivity index (χ2n) is 8.51. The van der Waals surface area contributed by atoms with Gasteiger partial charge in [-0.25, -0.2) is 0 Å². The van der Waals surface area contributed by atoms with Crippen LogP contribution < -0.4 is 0 Å². The quantitative estimate of drug-likeness (QED) is 0.634. The van der Waals surface area contributed by atoms with E-state index in [4.69, 9.17) is 21.9 Å². The maximum absolute atomic E-state index is 13.1. The van der Waals surface area contributed by atoms with Gasteiger partial charge in [0.15, 0.2) is 0 Å². The van der Waals surface area contributed by atoms with E-state index in [9.17, 15) is 9.59 Å². The molecular formula is C24H36O5. The molecule has 0 radical (unpaired) electrons. The minimum atomic E-state index is -3.05. The Kier molecular flexibility index (Phi) is 4.22. The number of hydrogen-bond donors (Lipinski definition) is 1. The zero-order valence-electron chi connectivity index (χ0n) is 25.9. The molecule has 2 aliphatic carbocycles. The lowest BCUT2D eigenvalue weighted by Gasteiger charge is -2.43. The van der Waals surface area contributed by atoms with Gasteiger partial charge in [0.2, 0.25) is 1.43 Å². The van der Waals surface area contributed by atoms with Crippen LogP contribution in [0.15, 0.2) is 23.8 Å². The molecule has 1 heterocycles. The van der Waals surface area contributed by atoms with Crippen LogP contribution in [-0.2, 0) is 19.1 Å². The van der Waals surface area contributed by atoms with Gasteiger partial charge in [-0.15, -0.1) is 0 Å². The van der Waals surface area contributed by atoms with Crippen molar-refractivity contribution in [3.05, 3.63) is 23.8 Å². The van der Waals surface area contributed by atoms with Gasteiger partial charge in [0.25, 0.3) is 0 Å². The number of carbonyl (C=O) groups is 2. The molecule has 0 bridgehead atoms. The lowest BCUT2D eigenvalue weighted by molar-refractivity contribution is -0.162. The predicted octanol–water partition coefficient (Wildman–Crippen LogP) is 4.20. The zero-order chi connectivity index (χ0) is 28.6. The van der Waals surface area contributed by atoms with E-state index < -0.39 is 68.1 Å². The lowest BCUT2D eigenvalue weighted by atomic mass is 9.65. The Bertz CT molecular complexity index is 943. The van der Waals surface area contributed by atoms with Crippen molar-refractivity contribution in [2.45, 2.75) is 84.3 Å². The van der Waals surface area contributed by atoms with Crippen LogP contribution in [0.4, 0.5) is 0 Å². The molecule has 0 amide bonds. The highest BCUT2D eigenvalue weighted by atomic mass is 16.5. The molecule has 0 aromatic carbocycles. The molecule has 1 aliphatic heterocycles. The maximum atomic E-state index is 13.1. The number of cyclic esters (lactones) is 1. The van der Waals surface area contributed by atoms with Crippen molar-refractivity contribution in [3.8, 4) is 0 Å². The van der Waals surface area contributed by atoms with E-state index in [2.05, 4.69) is 5.11 Å². The molecule has 5 nitrogen and oxygen atoms in total. The molecular weight excluding hydrogens is 368 g/mol. The minimum absolute atomic E-state index is 0.00980. The highest BCUT2D eigenvalue weighted by molar-refractivity contribution is 5.72. The first kappa shape index (κ1) is 12.9. The van der Waals surface area contributed by atoms with E-state index in [1.807, 2.05) is 19.1 Å². The van der Waals surface area contributed by atoms with Gasteiger partial charge in [0.05, 0.1) is 18.4 Å². The summed E-state index contributed by atoms with van der Waals surface area (Å²) in [6, 6.07) is 0. The molecule has 3 rings (SSSR count). The summed E-state index contributed by atoms with van der Waals surface area (Å²) in [5, 5.41) is 4.62. The summed E-state index contributed by atoms with van der Waals surface area (Å²) in [4.78, 5) is 25.0. The van der Waals surface area contributed by atoms with Gasteiger partial charge in [-0.05, 0) is 49.0 Å². The van der Waals surface area contributed by atoms with E-state index in [-0.39, 0.29) is 24.7 Å². The number of ether oxygens (including phenoxy) is 2. The molecule has 0 spiro atoms. The molecule has 0 saturated carbocycles. The average Bonchev–Trinajstić information content (AvgIpc) is 2.81. The Morgan fingerprint density at radius 1 is 1.48 bits per heavy atom. The summed E-state index contributed by atoms with van der Waals surface area (Å²) in [7, 11) is 0. The summed E-state index contributed by atoms with van der Waals surface area (Å²) >= 11 is 0. The second-order valence-corrected chi connectivity index (χ2v) is 8.51. The van der Waals surface area contributed by atoms with Crippen LogP contribution in [0.3, 0.4) is 0 Å². The molecule has 5 heteroatoms. The third-order valence-electron chi connectivity index (χ3n) is 6.27. The topological polar surface area (TPSA) is 72.8 Å². The van der Waals surface area contributed by atoms with E-state index in [0.29, 0.717) is 24.8 Å². The van der Waals surface area contributed by atoms with Crippen molar-refractivity contribution in [2.24, 2.45) is 29.6 Å². The minimum Gasteiger partial charge on any atom is -0.462 e. The molecule has 1 N–H and O–H groups in total. The van der Waals surface area contributed by atoms with Crippen LogP contribution in [0.1, 0.15) is 77.0 Å². The van der Waals surface area contributed by atoms with Crippen LogP contribution in [-0.4, -0.2) is 36.8 Å². The van der Waals surface area contributed by atoms with Crippen molar-refractivity contribution in [2.75, 3.05) is 0 Å². The van der Waals surface area contributed by atoms with Crippen LogP contribution in [0.2, 0.25) is 0 Å². The first-order chi connectivity index (χ1) is 17.5. The monoisotopic (exact) mass is 413 g/mol. The SMILES string of the molecule is [2H]O[C@H]1CC(=O)OC(CC[C@@H]2[C@@H]3C(=C[C@H](C([2H])([2H])[2H])C[C@@H]3OC(=O)[C@@H](C)C([2H])([2H])C([2H])([2H])[2H])C=C[C@@H]2C)C1. The molecule has 8 atom stereocenters. The fourth-order valence-electron chi connectivity index (χ4n) is 4.72. The van der Waals surface area contributed by atoms with E-state index in [1.54, 1.807) is 6.08 Å². The molecule has 162 valence electrons. The van der Waals surface area contributed by atoms with E-state index in [0.717, 1.165) is 0 Å². The van der Waals surface area contributed by atoms with Crippen molar-refractivity contribution in [1.29, 1.82) is 1.43 Å². The molecule has 3 aliphatic rings. The number of aliphatic hydroxyl groups excluding tert-OH is 1. The third-order valence-corrected chi connectivity index (χ3v) is 6.27. The Hall–Kier alpha value is -1.62. The summed E-state index contributed by atoms with van der Waals surface area (Å²) in [6.07, 6.45) is 2.19. The lowest BCUT2D eigenvalue weighted by Crippen LogP contribution is -2.42. The number of aliphatic hydroxyl groups is 1. The van der Waals surface area contributed by atoms with Crippen molar-refractivity contribution >= 4 is 11.9 Å². The molecule has 1 saturated heterocycles. The summed E-state index contributed by atoms with van der Waals surface area (Å²) in [5.41, 5.74) is 0.706. The average molecular weight is 414 g/mol. The first-order valence-electron chi connectivity index (χ1n) is 14.8. The maximum Gasteiger partial charge on any atom is 0.308 e. The highest BCUT2D eigenvalue weighted by Crippen LogP contribution is 2.45. The molecule has 1 unspecified atom stereocenters. The number of carbonyl (C=O) groups excluding carboxylic acids is 2. The fraction of sp³-hybridized carbons (Fsp3) is 0.750. The summed E-state index contributed by atoms with van der Waals surface area (Å²) in [6.45, 7) is -2.24. The fourth-order valence-corrected chi connectivity index (χ4v) is 4.72.